The Kier molecular flexibility index (Phi) is 5.54. The first kappa shape index (κ1) is 19.9. The predicted molar refractivity (Wildman–Crippen MR) is 68.1 cm³/mol. The van der Waals surface area contributed by atoms with E-state index in [0.717, 1.165) is 12.4 Å². The fraction of sp³-hybridized carbons (Fsp3) is 0.500. The van der Waals surface area contributed by atoms with Gasteiger partial charge >= 0.3 is 18.3 Å². The lowest BCUT2D eigenvalue weighted by atomic mass is 9.97. The molecule has 0 spiro atoms. The van der Waals surface area contributed by atoms with Gasteiger partial charge in [-0.1, -0.05) is 11.6 Å². The van der Waals surface area contributed by atoms with Gasteiger partial charge in [-0.25, -0.2) is 4.98 Å². The van der Waals surface area contributed by atoms with Gasteiger partial charge in [-0.05, 0) is 0 Å². The standard InChI is InChI=1S/C10H8ClF8N3S/c1-21-5(3-2-23-7(11)22-3)4(9(14,15)16)6(20)8(12,13)10(17,18)19/h2,6,21H,20H2,1H3/b5-4+. The third kappa shape index (κ3) is 4.04. The van der Waals surface area contributed by atoms with Crippen molar-refractivity contribution in [3.8, 4) is 0 Å². The highest BCUT2D eigenvalue weighted by molar-refractivity contribution is 7.14. The molecule has 0 saturated carbocycles. The van der Waals surface area contributed by atoms with Gasteiger partial charge in [-0.3, -0.25) is 0 Å². The summed E-state index contributed by atoms with van der Waals surface area (Å²) in [5.74, 6) is -5.81. The Morgan fingerprint density at radius 2 is 1.74 bits per heavy atom. The maximum absolute atomic E-state index is 13.3. The molecular formula is C10H8ClF8N3S. The van der Waals surface area contributed by atoms with Gasteiger partial charge in [0.2, 0.25) is 0 Å². The van der Waals surface area contributed by atoms with Crippen molar-refractivity contribution < 1.29 is 35.1 Å². The second kappa shape index (κ2) is 6.40. The molecule has 0 aromatic carbocycles. The van der Waals surface area contributed by atoms with E-state index in [1.54, 1.807) is 0 Å². The molecule has 1 heterocycles. The van der Waals surface area contributed by atoms with Gasteiger partial charge < -0.3 is 11.1 Å². The van der Waals surface area contributed by atoms with Crippen molar-refractivity contribution in [2.24, 2.45) is 5.73 Å². The number of rotatable bonds is 4. The van der Waals surface area contributed by atoms with E-state index in [-0.39, 0.29) is 4.47 Å². The van der Waals surface area contributed by atoms with E-state index in [1.165, 1.54) is 0 Å². The lowest BCUT2D eigenvalue weighted by molar-refractivity contribution is -0.289. The molecule has 3 N–H and O–H groups in total. The summed E-state index contributed by atoms with van der Waals surface area (Å²) in [4.78, 5) is 3.42. The molecule has 1 unspecified atom stereocenters. The Bertz CT molecular complexity index is 592. The molecule has 0 bridgehead atoms. The summed E-state index contributed by atoms with van der Waals surface area (Å²) >= 11 is 6.10. The van der Waals surface area contributed by atoms with E-state index < -0.39 is 41.3 Å². The van der Waals surface area contributed by atoms with Gasteiger partial charge in [0, 0.05) is 12.4 Å². The second-order valence-electron chi connectivity index (χ2n) is 4.12. The third-order valence-electron chi connectivity index (χ3n) is 2.64. The summed E-state index contributed by atoms with van der Waals surface area (Å²) in [7, 11) is 0.896. The van der Waals surface area contributed by atoms with E-state index in [0.29, 0.717) is 11.3 Å². The Morgan fingerprint density at radius 1 is 1.22 bits per heavy atom. The molecule has 3 nitrogen and oxygen atoms in total. The van der Waals surface area contributed by atoms with E-state index in [2.05, 4.69) is 10.7 Å². The van der Waals surface area contributed by atoms with Gasteiger partial charge in [-0.15, -0.1) is 11.3 Å². The molecule has 13 heteroatoms. The Balaban J connectivity index is 3.60. The number of nitrogens with two attached hydrogens (primary N) is 1. The van der Waals surface area contributed by atoms with Gasteiger partial charge in [0.25, 0.3) is 0 Å². The first-order valence-electron chi connectivity index (χ1n) is 5.54. The molecule has 132 valence electrons. The molecule has 0 aliphatic carbocycles. The quantitative estimate of drug-likeness (QED) is 0.770. The first-order valence-corrected chi connectivity index (χ1v) is 6.79. The fourth-order valence-electron chi connectivity index (χ4n) is 1.60. The van der Waals surface area contributed by atoms with Crippen molar-refractivity contribution in [1.82, 2.24) is 10.3 Å². The lowest BCUT2D eigenvalue weighted by Gasteiger charge is -2.30. The van der Waals surface area contributed by atoms with Crippen LogP contribution in [0.5, 0.6) is 0 Å². The summed E-state index contributed by atoms with van der Waals surface area (Å²) in [6.45, 7) is 0. The van der Waals surface area contributed by atoms with Crippen LogP contribution in [0.15, 0.2) is 11.0 Å². The second-order valence-corrected chi connectivity index (χ2v) is 5.56. The number of hydrogen-bond acceptors (Lipinski definition) is 4. The molecule has 1 aromatic rings. The fourth-order valence-corrected chi connectivity index (χ4v) is 2.35. The number of aromatic nitrogens is 1. The molecule has 0 aliphatic rings. The highest BCUT2D eigenvalue weighted by Crippen LogP contribution is 2.44. The van der Waals surface area contributed by atoms with Crippen molar-refractivity contribution in [2.45, 2.75) is 24.3 Å². The Labute approximate surface area is 133 Å². The maximum atomic E-state index is 13.3. The molecule has 0 radical (unpaired) electrons. The van der Waals surface area contributed by atoms with Crippen LogP contribution in [0.3, 0.4) is 0 Å². The van der Waals surface area contributed by atoms with Crippen LogP contribution < -0.4 is 11.1 Å². The zero-order valence-corrected chi connectivity index (χ0v) is 12.6. The average Bonchev–Trinajstić information content (AvgIpc) is 2.78. The van der Waals surface area contributed by atoms with Crippen LogP contribution in [0.2, 0.25) is 4.47 Å². The minimum atomic E-state index is -6.26. The molecule has 0 amide bonds. The summed E-state index contributed by atoms with van der Waals surface area (Å²) in [5.41, 5.74) is 0.689. The number of alkyl halides is 8. The van der Waals surface area contributed by atoms with Gasteiger partial charge in [0.05, 0.1) is 17.0 Å². The molecule has 1 rings (SSSR count). The maximum Gasteiger partial charge on any atom is 0.455 e. The smallest absolute Gasteiger partial charge is 0.386 e. The summed E-state index contributed by atoms with van der Waals surface area (Å²) < 4.78 is 103. The average molecular weight is 390 g/mol. The third-order valence-corrected chi connectivity index (χ3v) is 3.62. The van der Waals surface area contributed by atoms with Crippen molar-refractivity contribution in [3.05, 3.63) is 21.1 Å². The summed E-state index contributed by atoms with van der Waals surface area (Å²) in [6, 6.07) is -3.69. The van der Waals surface area contributed by atoms with Crippen molar-refractivity contribution >= 4 is 28.6 Å². The van der Waals surface area contributed by atoms with Crippen LogP contribution >= 0.6 is 22.9 Å². The van der Waals surface area contributed by atoms with Crippen LogP contribution in [-0.4, -0.2) is 36.3 Å². The van der Waals surface area contributed by atoms with Crippen molar-refractivity contribution in [2.75, 3.05) is 7.05 Å². The molecule has 23 heavy (non-hydrogen) atoms. The molecular weight excluding hydrogens is 382 g/mol. The van der Waals surface area contributed by atoms with E-state index in [1.807, 2.05) is 5.32 Å². The highest BCUT2D eigenvalue weighted by atomic mass is 35.5. The predicted octanol–water partition coefficient (Wildman–Crippen LogP) is 3.81. The zero-order valence-electron chi connectivity index (χ0n) is 11.0. The van der Waals surface area contributed by atoms with E-state index >= 15 is 0 Å². The molecule has 1 aromatic heterocycles. The Hall–Kier alpha value is -1.14. The number of nitrogens with one attached hydrogen (secondary N) is 1. The number of halogens is 9. The normalized spacial score (nSPS) is 16.1. The van der Waals surface area contributed by atoms with Crippen LogP contribution in [-0.2, 0) is 0 Å². The SMILES string of the molecule is CN/C(=C(\C(N)C(F)(F)C(F)(F)F)C(F)(F)F)c1csc(Cl)n1. The molecule has 1 atom stereocenters. The largest absolute Gasteiger partial charge is 0.455 e. The first-order chi connectivity index (χ1) is 10.2. The van der Waals surface area contributed by atoms with Gasteiger partial charge in [0.15, 0.2) is 4.47 Å². The van der Waals surface area contributed by atoms with Crippen LogP contribution in [0.4, 0.5) is 35.1 Å². The minimum absolute atomic E-state index is 0.231. The van der Waals surface area contributed by atoms with Gasteiger partial charge in [0.1, 0.15) is 6.04 Å². The minimum Gasteiger partial charge on any atom is -0.386 e. The monoisotopic (exact) mass is 389 g/mol. The Morgan fingerprint density at radius 3 is 2.04 bits per heavy atom. The summed E-state index contributed by atoms with van der Waals surface area (Å²) in [5, 5.41) is 2.86. The van der Waals surface area contributed by atoms with Crippen LogP contribution in [0, 0.1) is 0 Å². The van der Waals surface area contributed by atoms with Crippen molar-refractivity contribution in [1.29, 1.82) is 0 Å². The highest BCUT2D eigenvalue weighted by Gasteiger charge is 2.65. The summed E-state index contributed by atoms with van der Waals surface area (Å²) in [6.07, 6.45) is -11.8. The molecule has 0 fully saturated rings. The van der Waals surface area contributed by atoms with E-state index in [9.17, 15) is 35.1 Å². The zero-order chi connectivity index (χ0) is 18.2. The van der Waals surface area contributed by atoms with Crippen LogP contribution in [0.25, 0.3) is 5.70 Å². The van der Waals surface area contributed by atoms with Gasteiger partial charge in [-0.2, -0.15) is 35.1 Å². The van der Waals surface area contributed by atoms with E-state index in [4.69, 9.17) is 11.6 Å². The van der Waals surface area contributed by atoms with Crippen molar-refractivity contribution in [3.63, 3.8) is 0 Å². The lowest BCUT2D eigenvalue weighted by Crippen LogP contribution is -2.55. The number of nitrogens with zero attached hydrogens (tertiary/aromatic N) is 1. The molecule has 0 saturated heterocycles. The number of hydrogen-bond donors (Lipinski definition) is 2. The molecule has 0 aliphatic heterocycles. The topological polar surface area (TPSA) is 50.9 Å². The van der Waals surface area contributed by atoms with Crippen LogP contribution in [0.1, 0.15) is 5.69 Å². The number of thiazole rings is 1.